The molecule has 1 heterocycles. The van der Waals surface area contributed by atoms with Crippen LogP contribution in [0, 0.1) is 6.92 Å². The van der Waals surface area contributed by atoms with Gasteiger partial charge in [-0.1, -0.05) is 23.8 Å². The number of thiazole rings is 1. The van der Waals surface area contributed by atoms with E-state index in [9.17, 15) is 0 Å². The number of fused-ring (bicyclic) bond motifs is 3. The second kappa shape index (κ2) is 2.42. The summed E-state index contributed by atoms with van der Waals surface area (Å²) in [5, 5.41) is 0. The summed E-state index contributed by atoms with van der Waals surface area (Å²) in [4.78, 5) is 5.80. The monoisotopic (exact) mass is 187 g/mol. The number of benzene rings is 1. The molecule has 0 fully saturated rings. The number of aromatic nitrogens is 1. The molecule has 1 aliphatic carbocycles. The fraction of sp³-hybridized carbons (Fsp3) is 0.182. The molecule has 0 N–H and O–H groups in total. The van der Waals surface area contributed by atoms with E-state index in [4.69, 9.17) is 0 Å². The molecule has 0 saturated carbocycles. The maximum atomic E-state index is 4.39. The Bertz CT molecular complexity index is 471. The van der Waals surface area contributed by atoms with Gasteiger partial charge in [0, 0.05) is 16.9 Å². The molecule has 3 rings (SSSR count). The Labute approximate surface area is 81.1 Å². The van der Waals surface area contributed by atoms with Gasteiger partial charge in [-0.15, -0.1) is 11.3 Å². The third-order valence-electron chi connectivity index (χ3n) is 2.51. The first-order chi connectivity index (χ1) is 6.34. The van der Waals surface area contributed by atoms with Crippen LogP contribution >= 0.6 is 11.3 Å². The van der Waals surface area contributed by atoms with Crippen molar-refractivity contribution in [1.82, 2.24) is 4.98 Å². The Morgan fingerprint density at radius 2 is 2.31 bits per heavy atom. The molecule has 1 aromatic carbocycles. The van der Waals surface area contributed by atoms with Gasteiger partial charge in [-0.25, -0.2) is 4.98 Å². The highest BCUT2D eigenvalue weighted by Gasteiger charge is 2.20. The van der Waals surface area contributed by atoms with E-state index >= 15 is 0 Å². The highest BCUT2D eigenvalue weighted by molar-refractivity contribution is 7.10. The van der Waals surface area contributed by atoms with E-state index in [2.05, 4.69) is 30.1 Å². The summed E-state index contributed by atoms with van der Waals surface area (Å²) in [6, 6.07) is 6.62. The zero-order valence-electron chi connectivity index (χ0n) is 7.37. The van der Waals surface area contributed by atoms with Crippen LogP contribution in [0.25, 0.3) is 11.3 Å². The molecular formula is C11H9NS. The minimum absolute atomic E-state index is 1.08. The lowest BCUT2D eigenvalue weighted by atomic mass is 10.1. The molecule has 2 aromatic rings. The van der Waals surface area contributed by atoms with Crippen LogP contribution in [-0.2, 0) is 6.42 Å². The van der Waals surface area contributed by atoms with E-state index in [0.29, 0.717) is 0 Å². The second-order valence-corrected chi connectivity index (χ2v) is 4.40. The first-order valence-corrected chi connectivity index (χ1v) is 5.25. The Kier molecular flexibility index (Phi) is 1.35. The summed E-state index contributed by atoms with van der Waals surface area (Å²) in [5.74, 6) is 0. The Balaban J connectivity index is 2.29. The van der Waals surface area contributed by atoms with E-state index in [1.54, 1.807) is 11.3 Å². The SMILES string of the molecule is Cc1ccc2c(c1)Cc1scnc1-2. The smallest absolute Gasteiger partial charge is 0.0849 e. The molecule has 0 unspecified atom stereocenters. The highest BCUT2D eigenvalue weighted by atomic mass is 32.1. The van der Waals surface area contributed by atoms with Crippen LogP contribution in [0.1, 0.15) is 16.0 Å². The largest absolute Gasteiger partial charge is 0.244 e. The number of rotatable bonds is 0. The third kappa shape index (κ3) is 0.954. The zero-order valence-corrected chi connectivity index (χ0v) is 8.19. The van der Waals surface area contributed by atoms with Gasteiger partial charge in [0.25, 0.3) is 0 Å². The van der Waals surface area contributed by atoms with Gasteiger partial charge in [-0.3, -0.25) is 0 Å². The molecule has 1 aromatic heterocycles. The van der Waals surface area contributed by atoms with Crippen molar-refractivity contribution >= 4 is 11.3 Å². The summed E-state index contributed by atoms with van der Waals surface area (Å²) in [6.07, 6.45) is 1.08. The predicted molar refractivity (Wildman–Crippen MR) is 55.1 cm³/mol. The quantitative estimate of drug-likeness (QED) is 0.527. The van der Waals surface area contributed by atoms with Gasteiger partial charge in [0.1, 0.15) is 0 Å². The number of hydrogen-bond donors (Lipinski definition) is 0. The number of aryl methyl sites for hydroxylation is 1. The Hall–Kier alpha value is -1.15. The minimum atomic E-state index is 1.08. The van der Waals surface area contributed by atoms with Crippen LogP contribution in [0.3, 0.4) is 0 Å². The molecule has 0 saturated heterocycles. The molecular weight excluding hydrogens is 178 g/mol. The van der Waals surface area contributed by atoms with Crippen LogP contribution in [-0.4, -0.2) is 4.98 Å². The molecule has 0 radical (unpaired) electrons. The summed E-state index contributed by atoms with van der Waals surface area (Å²) in [6.45, 7) is 2.14. The summed E-state index contributed by atoms with van der Waals surface area (Å²) >= 11 is 1.76. The molecule has 0 aliphatic heterocycles. The average Bonchev–Trinajstić information content (AvgIpc) is 2.62. The fourth-order valence-corrected chi connectivity index (χ4v) is 2.69. The summed E-state index contributed by atoms with van der Waals surface area (Å²) in [7, 11) is 0. The summed E-state index contributed by atoms with van der Waals surface area (Å²) in [5.41, 5.74) is 7.26. The first-order valence-electron chi connectivity index (χ1n) is 4.37. The molecule has 0 amide bonds. The van der Waals surface area contributed by atoms with Crippen molar-refractivity contribution in [1.29, 1.82) is 0 Å². The average molecular weight is 187 g/mol. The first kappa shape index (κ1) is 7.27. The van der Waals surface area contributed by atoms with Crippen LogP contribution in [0.5, 0.6) is 0 Å². The van der Waals surface area contributed by atoms with E-state index in [1.807, 2.05) is 5.51 Å². The van der Waals surface area contributed by atoms with Gasteiger partial charge in [0.2, 0.25) is 0 Å². The Morgan fingerprint density at radius 3 is 3.23 bits per heavy atom. The van der Waals surface area contributed by atoms with Crippen molar-refractivity contribution in [2.75, 3.05) is 0 Å². The second-order valence-electron chi connectivity index (χ2n) is 3.46. The lowest BCUT2D eigenvalue weighted by molar-refractivity contribution is 1.28. The van der Waals surface area contributed by atoms with Crippen molar-refractivity contribution in [3.63, 3.8) is 0 Å². The normalized spacial score (nSPS) is 12.7. The highest BCUT2D eigenvalue weighted by Crippen LogP contribution is 2.37. The van der Waals surface area contributed by atoms with E-state index in [1.165, 1.54) is 27.3 Å². The molecule has 0 spiro atoms. The van der Waals surface area contributed by atoms with Gasteiger partial charge < -0.3 is 0 Å². The van der Waals surface area contributed by atoms with Gasteiger partial charge in [0.15, 0.2) is 0 Å². The zero-order chi connectivity index (χ0) is 8.84. The fourth-order valence-electron chi connectivity index (χ4n) is 1.89. The summed E-state index contributed by atoms with van der Waals surface area (Å²) < 4.78 is 0. The van der Waals surface area contributed by atoms with Crippen molar-refractivity contribution in [3.05, 3.63) is 39.7 Å². The van der Waals surface area contributed by atoms with Crippen LogP contribution in [0.2, 0.25) is 0 Å². The van der Waals surface area contributed by atoms with Crippen LogP contribution < -0.4 is 0 Å². The maximum absolute atomic E-state index is 4.39. The molecule has 0 atom stereocenters. The van der Waals surface area contributed by atoms with Crippen molar-refractivity contribution in [2.24, 2.45) is 0 Å². The number of nitrogens with zero attached hydrogens (tertiary/aromatic N) is 1. The van der Waals surface area contributed by atoms with Gasteiger partial charge >= 0.3 is 0 Å². The van der Waals surface area contributed by atoms with E-state index < -0.39 is 0 Å². The van der Waals surface area contributed by atoms with E-state index in [0.717, 1.165) is 6.42 Å². The molecule has 2 heteroatoms. The van der Waals surface area contributed by atoms with Crippen molar-refractivity contribution in [2.45, 2.75) is 13.3 Å². The molecule has 64 valence electrons. The molecule has 1 aliphatic rings. The van der Waals surface area contributed by atoms with Gasteiger partial charge in [-0.2, -0.15) is 0 Å². The number of hydrogen-bond acceptors (Lipinski definition) is 2. The van der Waals surface area contributed by atoms with Gasteiger partial charge in [-0.05, 0) is 12.5 Å². The third-order valence-corrected chi connectivity index (χ3v) is 3.34. The van der Waals surface area contributed by atoms with Gasteiger partial charge in [0.05, 0.1) is 11.2 Å². The Morgan fingerprint density at radius 1 is 1.38 bits per heavy atom. The maximum Gasteiger partial charge on any atom is 0.0849 e. The molecule has 1 nitrogen and oxygen atoms in total. The molecule has 13 heavy (non-hydrogen) atoms. The molecule has 0 bridgehead atoms. The van der Waals surface area contributed by atoms with Crippen LogP contribution in [0.15, 0.2) is 23.7 Å². The van der Waals surface area contributed by atoms with Crippen molar-refractivity contribution in [3.8, 4) is 11.3 Å². The lowest BCUT2D eigenvalue weighted by Gasteiger charge is -1.99. The topological polar surface area (TPSA) is 12.9 Å². The van der Waals surface area contributed by atoms with Crippen LogP contribution in [0.4, 0.5) is 0 Å². The van der Waals surface area contributed by atoms with E-state index in [-0.39, 0.29) is 0 Å². The van der Waals surface area contributed by atoms with Crippen molar-refractivity contribution < 1.29 is 0 Å². The standard InChI is InChI=1S/C11H9NS/c1-7-2-3-9-8(4-7)5-10-11(9)12-6-13-10/h2-4,6H,5H2,1H3. The lowest BCUT2D eigenvalue weighted by Crippen LogP contribution is -1.81. The predicted octanol–water partition coefficient (Wildman–Crippen LogP) is 3.02. The minimum Gasteiger partial charge on any atom is -0.244 e.